The van der Waals surface area contributed by atoms with Crippen molar-refractivity contribution >= 4 is 17.7 Å². The molecule has 0 saturated carbocycles. The highest BCUT2D eigenvalue weighted by molar-refractivity contribution is 8.03. The van der Waals surface area contributed by atoms with Gasteiger partial charge in [-0.1, -0.05) is 36.4 Å². The lowest BCUT2D eigenvalue weighted by molar-refractivity contribution is -0.121. The molecule has 1 aliphatic rings. The van der Waals surface area contributed by atoms with Gasteiger partial charge in [-0.2, -0.15) is 0 Å². The van der Waals surface area contributed by atoms with Crippen molar-refractivity contribution in [2.75, 3.05) is 0 Å². The molecule has 1 amide bonds. The zero-order valence-corrected chi connectivity index (χ0v) is 10.8. The van der Waals surface area contributed by atoms with Crippen molar-refractivity contribution in [3.8, 4) is 0 Å². The molecular weight excluding hydrogens is 230 g/mol. The van der Waals surface area contributed by atoms with Gasteiger partial charge in [0.25, 0.3) is 0 Å². The van der Waals surface area contributed by atoms with E-state index in [1.165, 1.54) is 4.91 Å². The molecule has 1 N–H and O–H groups in total. The molecule has 0 bridgehead atoms. The Morgan fingerprint density at radius 2 is 2.18 bits per heavy atom. The Hall–Kier alpha value is -1.22. The second-order valence-corrected chi connectivity index (χ2v) is 5.80. The van der Waals surface area contributed by atoms with Gasteiger partial charge in [-0.25, -0.2) is 0 Å². The van der Waals surface area contributed by atoms with Crippen molar-refractivity contribution in [2.24, 2.45) is 0 Å². The summed E-state index contributed by atoms with van der Waals surface area (Å²) in [6.07, 6.45) is 3.85. The lowest BCUT2D eigenvalue weighted by Crippen LogP contribution is -2.25. The molecule has 3 heteroatoms. The summed E-state index contributed by atoms with van der Waals surface area (Å²) in [5.74, 6) is 0.148. The van der Waals surface area contributed by atoms with Crippen molar-refractivity contribution in [1.29, 1.82) is 0 Å². The maximum Gasteiger partial charge on any atom is 0.221 e. The van der Waals surface area contributed by atoms with Crippen LogP contribution < -0.4 is 5.32 Å². The normalized spacial score (nSPS) is 18.9. The number of benzene rings is 1. The van der Waals surface area contributed by atoms with Gasteiger partial charge in [-0.05, 0) is 23.8 Å². The Kier molecular flexibility index (Phi) is 4.26. The summed E-state index contributed by atoms with van der Waals surface area (Å²) in [6, 6.07) is 10.0. The van der Waals surface area contributed by atoms with Gasteiger partial charge in [-0.15, -0.1) is 11.8 Å². The number of allylic oxidation sites excluding steroid dienone is 2. The summed E-state index contributed by atoms with van der Waals surface area (Å²) in [4.78, 5) is 13.1. The number of carbonyl (C=O) groups excluding carboxylic acids is 1. The number of carbonyl (C=O) groups is 1. The molecular formula is C14H17NOS. The highest BCUT2D eigenvalue weighted by Crippen LogP contribution is 2.33. The first kappa shape index (κ1) is 12.2. The largest absolute Gasteiger partial charge is 0.352 e. The molecule has 0 spiro atoms. The first-order valence-electron chi connectivity index (χ1n) is 5.88. The van der Waals surface area contributed by atoms with Crippen molar-refractivity contribution in [3.05, 3.63) is 46.9 Å². The van der Waals surface area contributed by atoms with Gasteiger partial charge in [0, 0.05) is 18.2 Å². The molecule has 2 rings (SSSR count). The van der Waals surface area contributed by atoms with E-state index in [9.17, 15) is 4.79 Å². The molecule has 90 valence electrons. The third kappa shape index (κ3) is 3.93. The summed E-state index contributed by atoms with van der Waals surface area (Å²) >= 11 is 1.82. The van der Waals surface area contributed by atoms with Gasteiger partial charge in [0.15, 0.2) is 0 Å². The summed E-state index contributed by atoms with van der Waals surface area (Å²) in [5, 5.41) is 3.40. The molecule has 0 fully saturated rings. The van der Waals surface area contributed by atoms with Crippen LogP contribution in [0.5, 0.6) is 0 Å². The van der Waals surface area contributed by atoms with E-state index in [1.807, 2.05) is 42.1 Å². The fraction of sp³-hybridized carbons (Fsp3) is 0.357. The Balaban J connectivity index is 1.72. The van der Waals surface area contributed by atoms with Crippen LogP contribution in [0.3, 0.4) is 0 Å². The Bertz CT molecular complexity index is 413. The Labute approximate surface area is 106 Å². The molecule has 0 aromatic heterocycles. The molecule has 1 unspecified atom stereocenters. The minimum Gasteiger partial charge on any atom is -0.352 e. The van der Waals surface area contributed by atoms with Gasteiger partial charge < -0.3 is 5.32 Å². The van der Waals surface area contributed by atoms with E-state index in [2.05, 4.69) is 18.3 Å². The van der Waals surface area contributed by atoms with Gasteiger partial charge in [0.1, 0.15) is 0 Å². The topological polar surface area (TPSA) is 29.1 Å². The first-order chi connectivity index (χ1) is 8.24. The monoisotopic (exact) mass is 247 g/mol. The van der Waals surface area contributed by atoms with E-state index in [1.54, 1.807) is 0 Å². The van der Waals surface area contributed by atoms with Crippen LogP contribution in [0.15, 0.2) is 41.3 Å². The third-order valence-electron chi connectivity index (χ3n) is 2.77. The molecule has 0 radical (unpaired) electrons. The first-order valence-corrected chi connectivity index (χ1v) is 6.76. The zero-order valence-electron chi connectivity index (χ0n) is 9.98. The van der Waals surface area contributed by atoms with Gasteiger partial charge in [0.05, 0.1) is 0 Å². The van der Waals surface area contributed by atoms with E-state index >= 15 is 0 Å². The molecule has 0 aliphatic carbocycles. The van der Waals surface area contributed by atoms with Crippen LogP contribution >= 0.6 is 11.8 Å². The van der Waals surface area contributed by atoms with Crippen LogP contribution in [0.4, 0.5) is 0 Å². The average Bonchev–Trinajstić information content (AvgIpc) is 2.73. The van der Waals surface area contributed by atoms with Gasteiger partial charge >= 0.3 is 0 Å². The van der Waals surface area contributed by atoms with Crippen LogP contribution in [-0.4, -0.2) is 11.2 Å². The molecule has 1 aromatic carbocycles. The van der Waals surface area contributed by atoms with Crippen molar-refractivity contribution in [1.82, 2.24) is 5.32 Å². The lowest BCUT2D eigenvalue weighted by atomic mass is 10.2. The van der Waals surface area contributed by atoms with Crippen LogP contribution in [0, 0.1) is 0 Å². The predicted molar refractivity (Wildman–Crippen MR) is 72.7 cm³/mol. The van der Waals surface area contributed by atoms with E-state index in [4.69, 9.17) is 0 Å². The number of hydrogen-bond acceptors (Lipinski definition) is 2. The van der Waals surface area contributed by atoms with E-state index in [0.717, 1.165) is 12.0 Å². The second-order valence-electron chi connectivity index (χ2n) is 4.26. The summed E-state index contributed by atoms with van der Waals surface area (Å²) in [5.41, 5.74) is 1.15. The highest BCUT2D eigenvalue weighted by Gasteiger charge is 2.18. The van der Waals surface area contributed by atoms with E-state index < -0.39 is 0 Å². The molecule has 1 aromatic rings. The smallest absolute Gasteiger partial charge is 0.221 e. The van der Waals surface area contributed by atoms with Crippen LogP contribution in [0.2, 0.25) is 0 Å². The lowest BCUT2D eigenvalue weighted by Gasteiger charge is -2.09. The number of thioether (sulfide) groups is 1. The number of rotatable bonds is 4. The fourth-order valence-corrected chi connectivity index (χ4v) is 3.00. The van der Waals surface area contributed by atoms with Gasteiger partial charge in [0.2, 0.25) is 5.91 Å². The maximum absolute atomic E-state index is 11.7. The minimum absolute atomic E-state index is 0.148. The molecule has 17 heavy (non-hydrogen) atoms. The number of amides is 1. The fourth-order valence-electron chi connectivity index (χ4n) is 1.86. The standard InChI is InChI=1S/C14H17NOS/c1-11-7-8-13(17-11)9-14(16)15-10-12-5-3-2-4-6-12/h2-7,13H,8-10H2,1H3,(H,15,16). The molecule has 1 heterocycles. The van der Waals surface area contributed by atoms with Crippen LogP contribution in [0.25, 0.3) is 0 Å². The van der Waals surface area contributed by atoms with Crippen LogP contribution in [-0.2, 0) is 11.3 Å². The Morgan fingerprint density at radius 3 is 2.82 bits per heavy atom. The Morgan fingerprint density at radius 1 is 1.41 bits per heavy atom. The van der Waals surface area contributed by atoms with Crippen molar-refractivity contribution < 1.29 is 4.79 Å². The molecule has 1 atom stereocenters. The summed E-state index contributed by atoms with van der Waals surface area (Å²) in [6.45, 7) is 2.73. The van der Waals surface area contributed by atoms with Crippen molar-refractivity contribution in [2.45, 2.75) is 31.6 Å². The molecule has 1 aliphatic heterocycles. The summed E-state index contributed by atoms with van der Waals surface area (Å²) in [7, 11) is 0. The van der Waals surface area contributed by atoms with Crippen molar-refractivity contribution in [3.63, 3.8) is 0 Å². The number of hydrogen-bond donors (Lipinski definition) is 1. The molecule has 0 saturated heterocycles. The predicted octanol–water partition coefficient (Wildman–Crippen LogP) is 3.10. The maximum atomic E-state index is 11.7. The third-order valence-corrected chi connectivity index (χ3v) is 4.00. The zero-order chi connectivity index (χ0) is 12.1. The number of nitrogens with one attached hydrogen (secondary N) is 1. The quantitative estimate of drug-likeness (QED) is 0.885. The minimum atomic E-state index is 0.148. The summed E-state index contributed by atoms with van der Waals surface area (Å²) < 4.78 is 0. The van der Waals surface area contributed by atoms with E-state index in [-0.39, 0.29) is 5.91 Å². The van der Waals surface area contributed by atoms with E-state index in [0.29, 0.717) is 18.2 Å². The highest BCUT2D eigenvalue weighted by atomic mass is 32.2. The SMILES string of the molecule is CC1=CCC(CC(=O)NCc2ccccc2)S1. The van der Waals surface area contributed by atoms with Crippen LogP contribution in [0.1, 0.15) is 25.3 Å². The second kappa shape index (κ2) is 5.92. The molecule has 2 nitrogen and oxygen atoms in total. The average molecular weight is 247 g/mol. The van der Waals surface area contributed by atoms with Gasteiger partial charge in [-0.3, -0.25) is 4.79 Å².